The van der Waals surface area contributed by atoms with Gasteiger partial charge in [-0.1, -0.05) is 37.3 Å². The van der Waals surface area contributed by atoms with E-state index in [1.165, 1.54) is 5.56 Å². The van der Waals surface area contributed by atoms with Crippen molar-refractivity contribution < 1.29 is 4.21 Å². The van der Waals surface area contributed by atoms with Crippen LogP contribution in [0, 0.1) is 0 Å². The lowest BCUT2D eigenvalue weighted by Gasteiger charge is -2.32. The minimum atomic E-state index is -0.903. The summed E-state index contributed by atoms with van der Waals surface area (Å²) in [6.07, 6.45) is 3.21. The van der Waals surface area contributed by atoms with Crippen LogP contribution >= 0.6 is 0 Å². The van der Waals surface area contributed by atoms with Crippen LogP contribution in [0.4, 0.5) is 0 Å². The monoisotopic (exact) mass is 265 g/mol. The summed E-state index contributed by atoms with van der Waals surface area (Å²) in [6.45, 7) is 7.27. The molecule has 1 heterocycles. The zero-order valence-electron chi connectivity index (χ0n) is 11.6. The Hall–Kier alpha value is -0.670. The molecule has 0 amide bonds. The Labute approximate surface area is 113 Å². The summed E-state index contributed by atoms with van der Waals surface area (Å²) in [5.74, 6) is 0. The molecule has 2 rings (SSSR count). The molecule has 2 unspecified atom stereocenters. The molecule has 1 aromatic rings. The van der Waals surface area contributed by atoms with Crippen molar-refractivity contribution in [1.29, 1.82) is 0 Å². The summed E-state index contributed by atoms with van der Waals surface area (Å²) in [6, 6.07) is 10.8. The topological polar surface area (TPSA) is 20.3 Å². The van der Waals surface area contributed by atoms with Crippen LogP contribution in [0.5, 0.6) is 0 Å². The fourth-order valence-electron chi connectivity index (χ4n) is 2.39. The third-order valence-corrected chi connectivity index (χ3v) is 6.02. The average molecular weight is 265 g/mol. The smallest absolute Gasteiger partial charge is 0.101 e. The van der Waals surface area contributed by atoms with Gasteiger partial charge in [0.25, 0.3) is 0 Å². The molecule has 0 N–H and O–H groups in total. The van der Waals surface area contributed by atoms with Crippen LogP contribution in [0.1, 0.15) is 51.6 Å². The van der Waals surface area contributed by atoms with E-state index in [9.17, 15) is 4.21 Å². The maximum Gasteiger partial charge on any atom is 0.101 e. The second-order valence-corrected chi connectivity index (χ2v) is 7.64. The zero-order valence-corrected chi connectivity index (χ0v) is 12.4. The minimum Gasteiger partial charge on any atom is -0.242 e. The second-order valence-electron chi connectivity index (χ2n) is 5.57. The van der Waals surface area contributed by atoms with Crippen molar-refractivity contribution in [3.05, 3.63) is 35.9 Å². The molecule has 1 aromatic carbocycles. The molecule has 0 aliphatic carbocycles. The molecule has 1 fully saturated rings. The van der Waals surface area contributed by atoms with Gasteiger partial charge >= 0.3 is 0 Å². The molecular formula is C15H23NOS. The molecule has 0 radical (unpaired) electrons. The van der Waals surface area contributed by atoms with Crippen LogP contribution in [0.3, 0.4) is 0 Å². The number of hydrogen-bond donors (Lipinski definition) is 0. The quantitative estimate of drug-likeness (QED) is 0.813. The summed E-state index contributed by atoms with van der Waals surface area (Å²) in [7, 11) is -0.903. The third kappa shape index (κ3) is 2.67. The first-order chi connectivity index (χ1) is 8.56. The predicted molar refractivity (Wildman–Crippen MR) is 77.6 cm³/mol. The molecule has 0 bridgehead atoms. The molecular weight excluding hydrogens is 242 g/mol. The highest BCUT2D eigenvalue weighted by Gasteiger charge is 2.36. The van der Waals surface area contributed by atoms with Gasteiger partial charge in [-0.25, -0.2) is 8.51 Å². The Morgan fingerprint density at radius 3 is 2.61 bits per heavy atom. The molecule has 2 atom stereocenters. The lowest BCUT2D eigenvalue weighted by molar-refractivity contribution is 0.411. The average Bonchev–Trinajstić information content (AvgIpc) is 2.87. The maximum atomic E-state index is 12.7. The van der Waals surface area contributed by atoms with E-state index in [-0.39, 0.29) is 4.75 Å². The van der Waals surface area contributed by atoms with Gasteiger partial charge in [-0.15, -0.1) is 0 Å². The van der Waals surface area contributed by atoms with E-state index < -0.39 is 11.0 Å². The SMILES string of the molecule is CCC(C)(C)S(=O)N1CCCC1c1ccccc1. The first-order valence-electron chi connectivity index (χ1n) is 6.80. The molecule has 1 saturated heterocycles. The lowest BCUT2D eigenvalue weighted by atomic mass is 10.1. The Morgan fingerprint density at radius 2 is 2.00 bits per heavy atom. The van der Waals surface area contributed by atoms with Gasteiger partial charge in [0.2, 0.25) is 0 Å². The van der Waals surface area contributed by atoms with Gasteiger partial charge < -0.3 is 0 Å². The van der Waals surface area contributed by atoms with Crippen LogP contribution in [0.25, 0.3) is 0 Å². The summed E-state index contributed by atoms with van der Waals surface area (Å²) in [5, 5.41) is 0. The van der Waals surface area contributed by atoms with Gasteiger partial charge in [-0.05, 0) is 38.7 Å². The van der Waals surface area contributed by atoms with Crippen molar-refractivity contribution in [3.8, 4) is 0 Å². The number of nitrogens with zero attached hydrogens (tertiary/aromatic N) is 1. The summed E-state index contributed by atoms with van der Waals surface area (Å²) < 4.78 is 14.8. The van der Waals surface area contributed by atoms with E-state index in [1.807, 2.05) is 6.07 Å². The van der Waals surface area contributed by atoms with Crippen molar-refractivity contribution in [2.75, 3.05) is 6.54 Å². The van der Waals surface area contributed by atoms with E-state index in [0.29, 0.717) is 6.04 Å². The molecule has 1 aliphatic heterocycles. The van der Waals surface area contributed by atoms with Crippen LogP contribution in [0.2, 0.25) is 0 Å². The summed E-state index contributed by atoms with van der Waals surface area (Å²) in [4.78, 5) is 0. The molecule has 18 heavy (non-hydrogen) atoms. The highest BCUT2D eigenvalue weighted by molar-refractivity contribution is 7.84. The van der Waals surface area contributed by atoms with Crippen LogP contribution in [0.15, 0.2) is 30.3 Å². The molecule has 2 nitrogen and oxygen atoms in total. The van der Waals surface area contributed by atoms with E-state index in [4.69, 9.17) is 0 Å². The standard InChI is InChI=1S/C15H23NOS/c1-4-15(2,3)18(17)16-12-8-11-14(16)13-9-6-5-7-10-13/h5-7,9-10,14H,4,8,11-12H2,1-3H3. The van der Waals surface area contributed by atoms with Gasteiger partial charge in [0.15, 0.2) is 0 Å². The lowest BCUT2D eigenvalue weighted by Crippen LogP contribution is -2.38. The molecule has 0 saturated carbocycles. The van der Waals surface area contributed by atoms with Gasteiger partial charge in [0, 0.05) is 12.6 Å². The highest BCUT2D eigenvalue weighted by Crippen LogP contribution is 2.36. The van der Waals surface area contributed by atoms with Crippen molar-refractivity contribution in [1.82, 2.24) is 4.31 Å². The summed E-state index contributed by atoms with van der Waals surface area (Å²) >= 11 is 0. The van der Waals surface area contributed by atoms with E-state index in [1.54, 1.807) is 0 Å². The van der Waals surface area contributed by atoms with Crippen molar-refractivity contribution >= 4 is 11.0 Å². The van der Waals surface area contributed by atoms with Crippen LogP contribution in [-0.2, 0) is 11.0 Å². The van der Waals surface area contributed by atoms with E-state index >= 15 is 0 Å². The molecule has 100 valence electrons. The van der Waals surface area contributed by atoms with Crippen LogP contribution < -0.4 is 0 Å². The van der Waals surface area contributed by atoms with Crippen LogP contribution in [-0.4, -0.2) is 19.8 Å². The van der Waals surface area contributed by atoms with E-state index in [0.717, 1.165) is 25.8 Å². The van der Waals surface area contributed by atoms with Crippen molar-refractivity contribution in [2.24, 2.45) is 0 Å². The minimum absolute atomic E-state index is 0.128. The largest absolute Gasteiger partial charge is 0.242 e. The molecule has 0 spiro atoms. The van der Waals surface area contributed by atoms with Gasteiger partial charge in [-0.2, -0.15) is 0 Å². The Balaban J connectivity index is 2.21. The van der Waals surface area contributed by atoms with Crippen molar-refractivity contribution in [3.63, 3.8) is 0 Å². The third-order valence-electron chi connectivity index (χ3n) is 3.93. The van der Waals surface area contributed by atoms with Gasteiger partial charge in [0.1, 0.15) is 11.0 Å². The molecule has 3 heteroatoms. The number of hydrogen-bond acceptors (Lipinski definition) is 1. The Bertz CT molecular complexity index is 416. The fourth-order valence-corrected chi connectivity index (χ4v) is 4.02. The predicted octanol–water partition coefficient (Wildman–Crippen LogP) is 3.68. The van der Waals surface area contributed by atoms with Crippen molar-refractivity contribution in [2.45, 2.75) is 50.8 Å². The molecule has 0 aromatic heterocycles. The second kappa shape index (κ2) is 5.54. The Kier molecular flexibility index (Phi) is 4.23. The zero-order chi connectivity index (χ0) is 13.2. The number of benzene rings is 1. The fraction of sp³-hybridized carbons (Fsp3) is 0.600. The van der Waals surface area contributed by atoms with E-state index in [2.05, 4.69) is 49.3 Å². The molecule has 1 aliphatic rings. The Morgan fingerprint density at radius 1 is 1.33 bits per heavy atom. The number of rotatable bonds is 4. The first kappa shape index (κ1) is 13.8. The maximum absolute atomic E-state index is 12.7. The van der Waals surface area contributed by atoms with Gasteiger partial charge in [-0.3, -0.25) is 0 Å². The first-order valence-corrected chi connectivity index (χ1v) is 7.90. The highest BCUT2D eigenvalue weighted by atomic mass is 32.2. The summed E-state index contributed by atoms with van der Waals surface area (Å²) in [5.41, 5.74) is 1.30. The normalized spacial score (nSPS) is 23.2. The van der Waals surface area contributed by atoms with Gasteiger partial charge in [0.05, 0.1) is 4.75 Å².